The first kappa shape index (κ1) is 12.2. The van der Waals surface area contributed by atoms with Crippen molar-refractivity contribution in [3.05, 3.63) is 17.0 Å². The lowest BCUT2D eigenvalue weighted by molar-refractivity contribution is 0.179. The van der Waals surface area contributed by atoms with Crippen LogP contribution in [-0.4, -0.2) is 29.7 Å². The molecule has 1 unspecified atom stereocenters. The molecule has 1 atom stereocenters. The summed E-state index contributed by atoms with van der Waals surface area (Å²) in [6.45, 7) is 0.713. The first-order chi connectivity index (χ1) is 8.76. The Morgan fingerprint density at radius 1 is 1.39 bits per heavy atom. The first-order valence-electron chi connectivity index (χ1n) is 6.56. The fraction of sp³-hybridized carbons (Fsp3) is 0.692. The Bertz CT molecular complexity index is 432. The van der Waals surface area contributed by atoms with E-state index in [2.05, 4.69) is 15.3 Å². The molecule has 0 amide bonds. The van der Waals surface area contributed by atoms with Crippen LogP contribution in [-0.2, 0) is 4.74 Å². The Kier molecular flexibility index (Phi) is 3.39. The van der Waals surface area contributed by atoms with E-state index in [1.165, 1.54) is 25.7 Å². The molecule has 5 heteroatoms. The first-order valence-corrected chi connectivity index (χ1v) is 6.94. The van der Waals surface area contributed by atoms with Gasteiger partial charge in [-0.2, -0.15) is 0 Å². The van der Waals surface area contributed by atoms with Crippen molar-refractivity contribution >= 4 is 17.4 Å². The molecule has 1 heterocycles. The number of methoxy groups -OCH3 is 1. The summed E-state index contributed by atoms with van der Waals surface area (Å²) in [7, 11) is 1.74. The average Bonchev–Trinajstić information content (AvgIpc) is 3.18. The number of hydrogen-bond acceptors (Lipinski definition) is 4. The van der Waals surface area contributed by atoms with Gasteiger partial charge >= 0.3 is 0 Å². The predicted octanol–water partition coefficient (Wildman–Crippen LogP) is 2.84. The molecule has 0 saturated heterocycles. The maximum Gasteiger partial charge on any atom is 0.135 e. The number of halogens is 1. The molecule has 2 fully saturated rings. The van der Waals surface area contributed by atoms with Gasteiger partial charge in [0.1, 0.15) is 16.8 Å². The number of nitrogens with one attached hydrogen (secondary N) is 1. The van der Waals surface area contributed by atoms with E-state index in [1.807, 2.05) is 0 Å². The zero-order valence-corrected chi connectivity index (χ0v) is 11.3. The Hall–Kier alpha value is -0.870. The lowest BCUT2D eigenvalue weighted by Gasteiger charge is -2.18. The Morgan fingerprint density at radius 3 is 2.78 bits per heavy atom. The second-order valence-corrected chi connectivity index (χ2v) is 5.64. The van der Waals surface area contributed by atoms with Gasteiger partial charge in [0.2, 0.25) is 0 Å². The fourth-order valence-electron chi connectivity index (χ4n) is 2.20. The van der Waals surface area contributed by atoms with Crippen molar-refractivity contribution in [2.45, 2.75) is 37.6 Å². The van der Waals surface area contributed by atoms with Crippen LogP contribution in [0.4, 0.5) is 5.82 Å². The van der Waals surface area contributed by atoms with Gasteiger partial charge in [0.05, 0.1) is 12.6 Å². The predicted molar refractivity (Wildman–Crippen MR) is 71.0 cm³/mol. The van der Waals surface area contributed by atoms with Crippen LogP contribution in [0.1, 0.15) is 37.4 Å². The number of aromatic nitrogens is 2. The van der Waals surface area contributed by atoms with Crippen molar-refractivity contribution in [1.29, 1.82) is 0 Å². The number of hydrogen-bond donors (Lipinski definition) is 1. The van der Waals surface area contributed by atoms with E-state index < -0.39 is 0 Å². The molecule has 1 N–H and O–H groups in total. The SMILES string of the molecule is COCC(Nc1cc(Cl)nc(C2CC2)n1)C1CC1. The molecule has 0 radical (unpaired) electrons. The number of rotatable bonds is 6. The molecule has 2 saturated carbocycles. The molecule has 1 aromatic heterocycles. The molecule has 0 aromatic carbocycles. The molecule has 2 aliphatic carbocycles. The average molecular weight is 268 g/mol. The molecule has 18 heavy (non-hydrogen) atoms. The lowest BCUT2D eigenvalue weighted by atomic mass is 10.2. The van der Waals surface area contributed by atoms with Crippen molar-refractivity contribution in [2.24, 2.45) is 5.92 Å². The minimum absolute atomic E-state index is 0.341. The van der Waals surface area contributed by atoms with Crippen LogP contribution in [0.3, 0.4) is 0 Å². The molecule has 3 rings (SSSR count). The monoisotopic (exact) mass is 267 g/mol. The highest BCUT2D eigenvalue weighted by molar-refractivity contribution is 6.29. The summed E-state index contributed by atoms with van der Waals surface area (Å²) in [5.74, 6) is 2.96. The van der Waals surface area contributed by atoms with Gasteiger partial charge in [-0.25, -0.2) is 9.97 Å². The third-order valence-corrected chi connectivity index (χ3v) is 3.72. The second kappa shape index (κ2) is 5.02. The summed E-state index contributed by atoms with van der Waals surface area (Å²) in [6, 6.07) is 2.14. The summed E-state index contributed by atoms with van der Waals surface area (Å²) in [5.41, 5.74) is 0. The normalized spacial score (nSPS) is 20.8. The van der Waals surface area contributed by atoms with Crippen LogP contribution < -0.4 is 5.32 Å². The Morgan fingerprint density at radius 2 is 2.17 bits per heavy atom. The summed E-state index contributed by atoms with van der Waals surface area (Å²) in [4.78, 5) is 8.86. The maximum atomic E-state index is 6.06. The van der Waals surface area contributed by atoms with E-state index >= 15 is 0 Å². The standard InChI is InChI=1S/C13H18ClN3O/c1-18-7-10(8-2-3-8)15-12-6-11(14)16-13(17-12)9-4-5-9/h6,8-10H,2-5,7H2,1H3,(H,15,16,17). The second-order valence-electron chi connectivity index (χ2n) is 5.25. The summed E-state index contributed by atoms with van der Waals surface area (Å²) in [6.07, 6.45) is 4.92. The van der Waals surface area contributed by atoms with Gasteiger partial charge in [-0.15, -0.1) is 0 Å². The van der Waals surface area contributed by atoms with Crippen molar-refractivity contribution < 1.29 is 4.74 Å². The highest BCUT2D eigenvalue weighted by Gasteiger charge is 2.32. The summed E-state index contributed by atoms with van der Waals surface area (Å²) < 4.78 is 5.26. The molecule has 0 spiro atoms. The van der Waals surface area contributed by atoms with E-state index in [4.69, 9.17) is 16.3 Å². The smallest absolute Gasteiger partial charge is 0.135 e. The quantitative estimate of drug-likeness (QED) is 0.805. The van der Waals surface area contributed by atoms with Gasteiger partial charge in [0, 0.05) is 19.1 Å². The van der Waals surface area contributed by atoms with E-state index in [-0.39, 0.29) is 0 Å². The summed E-state index contributed by atoms with van der Waals surface area (Å²) in [5, 5.41) is 3.97. The van der Waals surface area contributed by atoms with Crippen LogP contribution in [0.25, 0.3) is 0 Å². The van der Waals surface area contributed by atoms with Gasteiger partial charge in [0.25, 0.3) is 0 Å². The zero-order valence-electron chi connectivity index (χ0n) is 10.5. The van der Waals surface area contributed by atoms with E-state index in [0.717, 1.165) is 11.6 Å². The van der Waals surface area contributed by atoms with Gasteiger partial charge in [-0.3, -0.25) is 0 Å². The lowest BCUT2D eigenvalue weighted by Crippen LogP contribution is -2.27. The minimum Gasteiger partial charge on any atom is -0.383 e. The van der Waals surface area contributed by atoms with E-state index in [9.17, 15) is 0 Å². The van der Waals surface area contributed by atoms with Crippen molar-refractivity contribution in [2.75, 3.05) is 19.0 Å². The third-order valence-electron chi connectivity index (χ3n) is 3.53. The van der Waals surface area contributed by atoms with Crippen LogP contribution in [0.2, 0.25) is 5.15 Å². The molecular formula is C13H18ClN3O. The number of nitrogens with zero attached hydrogens (tertiary/aromatic N) is 2. The topological polar surface area (TPSA) is 47.0 Å². The highest BCUT2D eigenvalue weighted by atomic mass is 35.5. The Labute approximate surface area is 112 Å². The molecule has 2 aliphatic rings. The molecule has 0 bridgehead atoms. The van der Waals surface area contributed by atoms with Crippen LogP contribution in [0.5, 0.6) is 0 Å². The number of ether oxygens (including phenoxy) is 1. The van der Waals surface area contributed by atoms with E-state index in [1.54, 1.807) is 13.2 Å². The van der Waals surface area contributed by atoms with Crippen molar-refractivity contribution in [3.8, 4) is 0 Å². The van der Waals surface area contributed by atoms with E-state index in [0.29, 0.717) is 29.6 Å². The van der Waals surface area contributed by atoms with Gasteiger partial charge in [0.15, 0.2) is 0 Å². The van der Waals surface area contributed by atoms with Gasteiger partial charge in [-0.1, -0.05) is 11.6 Å². The van der Waals surface area contributed by atoms with Gasteiger partial charge in [-0.05, 0) is 31.6 Å². The zero-order chi connectivity index (χ0) is 12.5. The van der Waals surface area contributed by atoms with Crippen LogP contribution >= 0.6 is 11.6 Å². The van der Waals surface area contributed by atoms with Crippen molar-refractivity contribution in [3.63, 3.8) is 0 Å². The van der Waals surface area contributed by atoms with Crippen LogP contribution in [0, 0.1) is 5.92 Å². The largest absolute Gasteiger partial charge is 0.383 e. The molecule has 98 valence electrons. The Balaban J connectivity index is 1.73. The molecule has 4 nitrogen and oxygen atoms in total. The molecule has 1 aromatic rings. The van der Waals surface area contributed by atoms with Gasteiger partial charge < -0.3 is 10.1 Å². The molecular weight excluding hydrogens is 250 g/mol. The van der Waals surface area contributed by atoms with Crippen molar-refractivity contribution in [1.82, 2.24) is 9.97 Å². The highest BCUT2D eigenvalue weighted by Crippen LogP contribution is 2.39. The fourth-order valence-corrected chi connectivity index (χ4v) is 2.39. The minimum atomic E-state index is 0.341. The van der Waals surface area contributed by atoms with Crippen LogP contribution in [0.15, 0.2) is 6.07 Å². The summed E-state index contributed by atoms with van der Waals surface area (Å²) >= 11 is 6.06. The maximum absolute atomic E-state index is 6.06. The third kappa shape index (κ3) is 2.93. The number of anilines is 1. The molecule has 0 aliphatic heterocycles.